The standard InChI is InChI=1S/C22H26N2O5/c1-14-11-19(16(3)24-28-6)15(2)23-21(14)29-12-17-9-7-8-10-18(17)20(13-26-4)22(25)27-5/h7-11,13H,12H2,1-6H3/b20-13-,24-16-. The highest BCUT2D eigenvalue weighted by molar-refractivity contribution is 6.16. The van der Waals surface area contributed by atoms with E-state index in [0.29, 0.717) is 17.0 Å². The minimum atomic E-state index is -0.485. The van der Waals surface area contributed by atoms with Crippen molar-refractivity contribution in [1.29, 1.82) is 0 Å². The number of nitrogens with zero attached hydrogens (tertiary/aromatic N) is 2. The van der Waals surface area contributed by atoms with Gasteiger partial charge in [-0.05, 0) is 38.0 Å². The van der Waals surface area contributed by atoms with Crippen LogP contribution in [0, 0.1) is 13.8 Å². The van der Waals surface area contributed by atoms with Gasteiger partial charge in [0.05, 0.1) is 31.9 Å². The Morgan fingerprint density at radius 2 is 1.86 bits per heavy atom. The van der Waals surface area contributed by atoms with E-state index in [2.05, 4.69) is 10.1 Å². The molecule has 1 aromatic carbocycles. The fraction of sp³-hybridized carbons (Fsp3) is 0.318. The van der Waals surface area contributed by atoms with Gasteiger partial charge in [-0.25, -0.2) is 9.78 Å². The molecule has 0 atom stereocenters. The summed E-state index contributed by atoms with van der Waals surface area (Å²) in [7, 11) is 4.32. The summed E-state index contributed by atoms with van der Waals surface area (Å²) in [4.78, 5) is 21.5. The molecule has 154 valence electrons. The van der Waals surface area contributed by atoms with Gasteiger partial charge in [-0.15, -0.1) is 0 Å². The average Bonchev–Trinajstić information content (AvgIpc) is 2.72. The fourth-order valence-electron chi connectivity index (χ4n) is 2.89. The van der Waals surface area contributed by atoms with Crippen molar-refractivity contribution in [2.75, 3.05) is 21.3 Å². The Balaban J connectivity index is 2.32. The summed E-state index contributed by atoms with van der Waals surface area (Å²) >= 11 is 0. The first-order valence-electron chi connectivity index (χ1n) is 9.01. The second-order valence-electron chi connectivity index (χ2n) is 6.31. The van der Waals surface area contributed by atoms with Gasteiger partial charge in [-0.2, -0.15) is 0 Å². The predicted molar refractivity (Wildman–Crippen MR) is 111 cm³/mol. The number of benzene rings is 1. The summed E-state index contributed by atoms with van der Waals surface area (Å²) in [6.45, 7) is 5.90. The molecule has 0 saturated carbocycles. The maximum absolute atomic E-state index is 12.1. The van der Waals surface area contributed by atoms with Gasteiger partial charge >= 0.3 is 5.97 Å². The van der Waals surface area contributed by atoms with E-state index in [4.69, 9.17) is 19.0 Å². The molecule has 2 aromatic rings. The summed E-state index contributed by atoms with van der Waals surface area (Å²) in [6.07, 6.45) is 1.37. The maximum atomic E-state index is 12.1. The van der Waals surface area contributed by atoms with Crippen LogP contribution in [0.1, 0.15) is 34.9 Å². The Bertz CT molecular complexity index is 935. The van der Waals surface area contributed by atoms with Crippen molar-refractivity contribution < 1.29 is 23.8 Å². The van der Waals surface area contributed by atoms with Gasteiger partial charge in [0.15, 0.2) is 0 Å². The number of esters is 1. The van der Waals surface area contributed by atoms with E-state index in [1.165, 1.54) is 27.6 Å². The Kier molecular flexibility index (Phi) is 7.77. The summed E-state index contributed by atoms with van der Waals surface area (Å²) in [5, 5.41) is 3.97. The van der Waals surface area contributed by atoms with Gasteiger partial charge in [-0.3, -0.25) is 0 Å². The number of hydrogen-bond acceptors (Lipinski definition) is 7. The Morgan fingerprint density at radius 1 is 1.14 bits per heavy atom. The van der Waals surface area contributed by atoms with Crippen molar-refractivity contribution in [3.05, 3.63) is 64.5 Å². The van der Waals surface area contributed by atoms with E-state index >= 15 is 0 Å². The Morgan fingerprint density at radius 3 is 2.52 bits per heavy atom. The lowest BCUT2D eigenvalue weighted by Crippen LogP contribution is -2.09. The lowest BCUT2D eigenvalue weighted by Gasteiger charge is -2.15. The van der Waals surface area contributed by atoms with Crippen molar-refractivity contribution in [2.45, 2.75) is 27.4 Å². The van der Waals surface area contributed by atoms with Gasteiger partial charge < -0.3 is 19.0 Å². The molecule has 0 bridgehead atoms. The molecule has 7 heteroatoms. The molecule has 29 heavy (non-hydrogen) atoms. The number of ether oxygens (including phenoxy) is 3. The van der Waals surface area contributed by atoms with Crippen molar-refractivity contribution in [1.82, 2.24) is 4.98 Å². The van der Waals surface area contributed by atoms with Crippen LogP contribution < -0.4 is 4.74 Å². The molecule has 7 nitrogen and oxygen atoms in total. The molecule has 0 unspecified atom stereocenters. The number of carbonyl (C=O) groups excluding carboxylic acids is 1. The molecule has 0 fully saturated rings. The largest absolute Gasteiger partial charge is 0.503 e. The molecule has 0 amide bonds. The van der Waals surface area contributed by atoms with E-state index in [9.17, 15) is 4.79 Å². The molecular formula is C22H26N2O5. The molecule has 0 N–H and O–H groups in total. The SMILES string of the molecule is CO/C=C(\C(=O)OC)c1ccccc1COc1nc(C)c(/C(C)=N\OC)cc1C. The van der Waals surface area contributed by atoms with Crippen LogP contribution >= 0.6 is 0 Å². The second-order valence-corrected chi connectivity index (χ2v) is 6.31. The van der Waals surface area contributed by atoms with Crippen LogP contribution in [0.25, 0.3) is 5.57 Å². The zero-order valence-electron chi connectivity index (χ0n) is 17.6. The molecular weight excluding hydrogens is 372 g/mol. The number of aromatic nitrogens is 1. The van der Waals surface area contributed by atoms with Crippen LogP contribution in [0.4, 0.5) is 0 Å². The molecule has 1 heterocycles. The second kappa shape index (κ2) is 10.3. The molecule has 0 aliphatic carbocycles. The molecule has 0 aliphatic rings. The van der Waals surface area contributed by atoms with E-state index in [-0.39, 0.29) is 6.61 Å². The quantitative estimate of drug-likeness (QED) is 0.221. The molecule has 2 rings (SSSR count). The third-order valence-electron chi connectivity index (χ3n) is 4.29. The van der Waals surface area contributed by atoms with Gasteiger partial charge in [0.25, 0.3) is 0 Å². The van der Waals surface area contributed by atoms with E-state index < -0.39 is 5.97 Å². The third-order valence-corrected chi connectivity index (χ3v) is 4.29. The van der Waals surface area contributed by atoms with Crippen LogP contribution in [0.3, 0.4) is 0 Å². The van der Waals surface area contributed by atoms with E-state index in [1.807, 2.05) is 51.1 Å². The number of aryl methyl sites for hydroxylation is 2. The number of methoxy groups -OCH3 is 2. The first-order valence-corrected chi connectivity index (χ1v) is 9.01. The zero-order chi connectivity index (χ0) is 21.4. The summed E-state index contributed by atoms with van der Waals surface area (Å²) in [5.41, 5.74) is 5.09. The van der Waals surface area contributed by atoms with Crippen LogP contribution in [0.2, 0.25) is 0 Å². The molecule has 1 aromatic heterocycles. The van der Waals surface area contributed by atoms with Crippen LogP contribution in [-0.2, 0) is 25.7 Å². The first kappa shape index (κ1) is 21.9. The van der Waals surface area contributed by atoms with Crippen molar-refractivity contribution in [3.63, 3.8) is 0 Å². The van der Waals surface area contributed by atoms with E-state index in [0.717, 1.165) is 28.1 Å². The number of oxime groups is 1. The smallest absolute Gasteiger partial charge is 0.341 e. The van der Waals surface area contributed by atoms with E-state index in [1.54, 1.807) is 0 Å². The minimum Gasteiger partial charge on any atom is -0.503 e. The molecule has 0 spiro atoms. The van der Waals surface area contributed by atoms with Gasteiger partial charge in [0.2, 0.25) is 5.88 Å². The third kappa shape index (κ3) is 5.34. The van der Waals surface area contributed by atoms with Crippen LogP contribution in [0.15, 0.2) is 41.7 Å². The van der Waals surface area contributed by atoms with Gasteiger partial charge in [0.1, 0.15) is 19.3 Å². The summed E-state index contributed by atoms with van der Waals surface area (Å²) in [5.74, 6) is 0.0308. The van der Waals surface area contributed by atoms with Crippen molar-refractivity contribution in [3.8, 4) is 5.88 Å². The Labute approximate surface area is 170 Å². The normalized spacial score (nSPS) is 11.8. The first-order chi connectivity index (χ1) is 13.9. The number of carbonyl (C=O) groups is 1. The highest BCUT2D eigenvalue weighted by atomic mass is 16.6. The fourth-order valence-corrected chi connectivity index (χ4v) is 2.89. The highest BCUT2D eigenvalue weighted by Gasteiger charge is 2.17. The number of rotatable bonds is 8. The Hall–Kier alpha value is -3.35. The zero-order valence-corrected chi connectivity index (χ0v) is 17.6. The number of pyridine rings is 1. The monoisotopic (exact) mass is 398 g/mol. The number of hydrogen-bond donors (Lipinski definition) is 0. The molecule has 0 radical (unpaired) electrons. The minimum absolute atomic E-state index is 0.228. The average molecular weight is 398 g/mol. The van der Waals surface area contributed by atoms with Crippen molar-refractivity contribution >= 4 is 17.3 Å². The van der Waals surface area contributed by atoms with Gasteiger partial charge in [-0.1, -0.05) is 29.4 Å². The van der Waals surface area contributed by atoms with Gasteiger partial charge in [0, 0.05) is 11.1 Å². The van der Waals surface area contributed by atoms with Crippen LogP contribution in [0.5, 0.6) is 5.88 Å². The molecule has 0 saturated heterocycles. The lowest BCUT2D eigenvalue weighted by atomic mass is 10.0. The topological polar surface area (TPSA) is 79.2 Å². The van der Waals surface area contributed by atoms with Crippen LogP contribution in [-0.4, -0.2) is 38.0 Å². The summed E-state index contributed by atoms with van der Waals surface area (Å²) in [6, 6.07) is 9.38. The highest BCUT2D eigenvalue weighted by Crippen LogP contribution is 2.24. The van der Waals surface area contributed by atoms with Crippen molar-refractivity contribution in [2.24, 2.45) is 5.16 Å². The maximum Gasteiger partial charge on any atom is 0.341 e. The molecule has 0 aliphatic heterocycles. The predicted octanol–water partition coefficient (Wildman–Crippen LogP) is 3.81. The summed E-state index contributed by atoms with van der Waals surface area (Å²) < 4.78 is 15.9. The lowest BCUT2D eigenvalue weighted by molar-refractivity contribution is -0.133.